The van der Waals surface area contributed by atoms with E-state index in [2.05, 4.69) is 67.0 Å². The van der Waals surface area contributed by atoms with Crippen LogP contribution in [0.5, 0.6) is 0 Å². The molecule has 0 amide bonds. The van der Waals surface area contributed by atoms with Gasteiger partial charge >= 0.3 is 0 Å². The highest BCUT2D eigenvalue weighted by Crippen LogP contribution is 2.32. The Morgan fingerprint density at radius 1 is 1.10 bits per heavy atom. The third-order valence-electron chi connectivity index (χ3n) is 4.41. The summed E-state index contributed by atoms with van der Waals surface area (Å²) >= 11 is 3.69. The average Bonchev–Trinajstić information content (AvgIpc) is 2.45. The van der Waals surface area contributed by atoms with Gasteiger partial charge in [-0.15, -0.1) is 0 Å². The van der Waals surface area contributed by atoms with Crippen LogP contribution in [-0.2, 0) is 5.41 Å². The molecular formula is C19H27Br. The quantitative estimate of drug-likeness (QED) is 0.565. The number of benzene rings is 1. The molecule has 0 heterocycles. The van der Waals surface area contributed by atoms with Gasteiger partial charge in [-0.3, -0.25) is 0 Å². The maximum absolute atomic E-state index is 3.69. The minimum atomic E-state index is 0.240. The van der Waals surface area contributed by atoms with Crippen LogP contribution in [0.2, 0.25) is 0 Å². The van der Waals surface area contributed by atoms with E-state index in [1.54, 1.807) is 5.57 Å². The molecule has 0 aliphatic heterocycles. The van der Waals surface area contributed by atoms with Crippen LogP contribution in [0.25, 0.3) is 6.08 Å². The summed E-state index contributed by atoms with van der Waals surface area (Å²) in [5.74, 6) is 0.797. The van der Waals surface area contributed by atoms with Crippen molar-refractivity contribution in [2.45, 2.75) is 58.3 Å². The molecule has 1 heteroatoms. The smallest absolute Gasteiger partial charge is 0.0247 e. The minimum Gasteiger partial charge on any atom is -0.0880 e. The van der Waals surface area contributed by atoms with Crippen LogP contribution in [0.4, 0.5) is 0 Å². The van der Waals surface area contributed by atoms with E-state index in [0.717, 1.165) is 11.2 Å². The lowest BCUT2D eigenvalue weighted by molar-refractivity contribution is 0.405. The summed E-state index contributed by atoms with van der Waals surface area (Å²) in [7, 11) is 0. The standard InChI is InChI=1S/C19H27Br/c1-19(2,3)18-11-9-15(10-12-18)13-17(14-20)16-7-5-4-6-8-16/h9-13,16H,4-8,14H2,1-3H3/b17-13-. The normalized spacial score (nSPS) is 18.3. The molecule has 1 aliphatic rings. The van der Waals surface area contributed by atoms with E-state index in [0.29, 0.717) is 0 Å². The van der Waals surface area contributed by atoms with Crippen molar-refractivity contribution in [1.29, 1.82) is 0 Å². The van der Waals surface area contributed by atoms with Gasteiger partial charge < -0.3 is 0 Å². The Kier molecular flexibility index (Phi) is 5.49. The molecule has 0 radical (unpaired) electrons. The predicted octanol–water partition coefficient (Wildman–Crippen LogP) is 6.34. The van der Waals surface area contributed by atoms with Crippen LogP contribution in [0, 0.1) is 5.92 Å². The molecule has 0 saturated heterocycles. The van der Waals surface area contributed by atoms with Gasteiger partial charge in [-0.1, -0.05) is 91.9 Å². The molecule has 1 fully saturated rings. The van der Waals surface area contributed by atoms with Crippen molar-refractivity contribution in [2.75, 3.05) is 5.33 Å². The second-order valence-electron chi connectivity index (χ2n) is 7.06. The van der Waals surface area contributed by atoms with Crippen LogP contribution in [-0.4, -0.2) is 5.33 Å². The molecule has 0 spiro atoms. The maximum Gasteiger partial charge on any atom is 0.0247 e. The number of allylic oxidation sites excluding steroid dienone is 1. The second kappa shape index (κ2) is 6.93. The van der Waals surface area contributed by atoms with Gasteiger partial charge in [0.2, 0.25) is 0 Å². The van der Waals surface area contributed by atoms with Crippen molar-refractivity contribution in [3.63, 3.8) is 0 Å². The van der Waals surface area contributed by atoms with Crippen molar-refractivity contribution in [3.8, 4) is 0 Å². The van der Waals surface area contributed by atoms with Crippen molar-refractivity contribution in [3.05, 3.63) is 41.0 Å². The predicted molar refractivity (Wildman–Crippen MR) is 93.5 cm³/mol. The van der Waals surface area contributed by atoms with Crippen LogP contribution < -0.4 is 0 Å². The minimum absolute atomic E-state index is 0.240. The van der Waals surface area contributed by atoms with Gasteiger partial charge in [0.25, 0.3) is 0 Å². The Morgan fingerprint density at radius 3 is 2.20 bits per heavy atom. The lowest BCUT2D eigenvalue weighted by Gasteiger charge is -2.24. The lowest BCUT2D eigenvalue weighted by Crippen LogP contribution is -2.11. The zero-order chi connectivity index (χ0) is 14.6. The topological polar surface area (TPSA) is 0 Å². The van der Waals surface area contributed by atoms with Crippen molar-refractivity contribution >= 4 is 22.0 Å². The second-order valence-corrected chi connectivity index (χ2v) is 7.62. The van der Waals surface area contributed by atoms with Crippen molar-refractivity contribution < 1.29 is 0 Å². The molecule has 1 aliphatic carbocycles. The SMILES string of the molecule is CC(C)(C)c1ccc(/C=C(/CBr)C2CCCCC2)cc1. The molecular weight excluding hydrogens is 308 g/mol. The first-order valence-electron chi connectivity index (χ1n) is 7.87. The van der Waals surface area contributed by atoms with Gasteiger partial charge in [-0.2, -0.15) is 0 Å². The van der Waals surface area contributed by atoms with Crippen LogP contribution in [0.1, 0.15) is 64.0 Å². The monoisotopic (exact) mass is 334 g/mol. The highest BCUT2D eigenvalue weighted by molar-refractivity contribution is 9.09. The van der Waals surface area contributed by atoms with Crippen LogP contribution in [0.15, 0.2) is 29.8 Å². The fourth-order valence-electron chi connectivity index (χ4n) is 3.03. The number of rotatable bonds is 3. The molecule has 0 aromatic heterocycles. The third-order valence-corrected chi connectivity index (χ3v) is 5.06. The Hall–Kier alpha value is -0.560. The van der Waals surface area contributed by atoms with E-state index in [9.17, 15) is 0 Å². The van der Waals surface area contributed by atoms with Crippen LogP contribution in [0.3, 0.4) is 0 Å². The molecule has 0 nitrogen and oxygen atoms in total. The summed E-state index contributed by atoms with van der Waals surface area (Å²) in [5.41, 5.74) is 4.57. The Labute approximate surface area is 132 Å². The fraction of sp³-hybridized carbons (Fsp3) is 0.579. The summed E-state index contributed by atoms with van der Waals surface area (Å²) < 4.78 is 0. The molecule has 1 aromatic rings. The van der Waals surface area contributed by atoms with Gasteiger partial charge in [0.05, 0.1) is 0 Å². The van der Waals surface area contributed by atoms with Gasteiger partial charge in [-0.05, 0) is 35.3 Å². The summed E-state index contributed by atoms with van der Waals surface area (Å²) in [4.78, 5) is 0. The largest absolute Gasteiger partial charge is 0.0880 e. The molecule has 0 N–H and O–H groups in total. The molecule has 0 bridgehead atoms. The van der Waals surface area contributed by atoms with Crippen molar-refractivity contribution in [2.24, 2.45) is 5.92 Å². The van der Waals surface area contributed by atoms with Crippen LogP contribution >= 0.6 is 15.9 Å². The summed E-state index contributed by atoms with van der Waals surface area (Å²) in [6.07, 6.45) is 9.37. The lowest BCUT2D eigenvalue weighted by atomic mass is 9.83. The first-order valence-corrected chi connectivity index (χ1v) is 9.00. The zero-order valence-corrected chi connectivity index (χ0v) is 14.7. The van der Waals surface area contributed by atoms with Crippen molar-refractivity contribution in [1.82, 2.24) is 0 Å². The van der Waals surface area contributed by atoms with Gasteiger partial charge in [0.15, 0.2) is 0 Å². The van der Waals surface area contributed by atoms with E-state index < -0.39 is 0 Å². The first-order chi connectivity index (χ1) is 9.50. The highest BCUT2D eigenvalue weighted by atomic mass is 79.9. The van der Waals surface area contributed by atoms with E-state index in [4.69, 9.17) is 0 Å². The molecule has 20 heavy (non-hydrogen) atoms. The fourth-order valence-corrected chi connectivity index (χ4v) is 3.65. The van der Waals surface area contributed by atoms with Gasteiger partial charge in [-0.25, -0.2) is 0 Å². The van der Waals surface area contributed by atoms with E-state index >= 15 is 0 Å². The summed E-state index contributed by atoms with van der Waals surface area (Å²) in [5, 5.41) is 1.01. The molecule has 0 atom stereocenters. The summed E-state index contributed by atoms with van der Waals surface area (Å²) in [6, 6.07) is 9.09. The zero-order valence-electron chi connectivity index (χ0n) is 13.1. The maximum atomic E-state index is 3.69. The Bertz CT molecular complexity index is 442. The molecule has 0 unspecified atom stereocenters. The third kappa shape index (κ3) is 4.22. The molecule has 2 rings (SSSR count). The first kappa shape index (κ1) is 15.8. The summed E-state index contributed by atoms with van der Waals surface area (Å²) in [6.45, 7) is 6.80. The van der Waals surface area contributed by atoms with Gasteiger partial charge in [0.1, 0.15) is 0 Å². The molecule has 110 valence electrons. The Morgan fingerprint density at radius 2 is 1.70 bits per heavy atom. The highest BCUT2D eigenvalue weighted by Gasteiger charge is 2.17. The average molecular weight is 335 g/mol. The molecule has 1 aromatic carbocycles. The number of alkyl halides is 1. The van der Waals surface area contributed by atoms with E-state index in [1.807, 2.05) is 0 Å². The number of hydrogen-bond donors (Lipinski definition) is 0. The van der Waals surface area contributed by atoms with Gasteiger partial charge in [0, 0.05) is 5.33 Å². The van der Waals surface area contributed by atoms with E-state index in [1.165, 1.54) is 43.2 Å². The van der Waals surface area contributed by atoms with E-state index in [-0.39, 0.29) is 5.41 Å². The number of halogens is 1. The molecule has 1 saturated carbocycles. The Balaban J connectivity index is 2.15. The number of hydrogen-bond acceptors (Lipinski definition) is 0.